The second-order valence-electron chi connectivity index (χ2n) is 3.67. The molecule has 0 saturated heterocycles. The van der Waals surface area contributed by atoms with Crippen molar-refractivity contribution in [3.05, 3.63) is 44.3 Å². The van der Waals surface area contributed by atoms with E-state index in [9.17, 15) is 25.0 Å². The number of hydrogen-bond acceptors (Lipinski definition) is 9. The van der Waals surface area contributed by atoms with E-state index in [0.29, 0.717) is 0 Å². The minimum Gasteiger partial charge on any atom is -0.462 e. The van der Waals surface area contributed by atoms with Crippen LogP contribution >= 0.6 is 0 Å². The normalized spacial score (nSPS) is 10.1. The van der Waals surface area contributed by atoms with Crippen LogP contribution < -0.4 is 0 Å². The number of aromatic nitrogens is 2. The van der Waals surface area contributed by atoms with Gasteiger partial charge in [-0.2, -0.15) is 4.98 Å². The average Bonchev–Trinajstić information content (AvgIpc) is 2.95. The van der Waals surface area contributed by atoms with E-state index in [-0.39, 0.29) is 11.4 Å². The smallest absolute Gasteiger partial charge is 0.397 e. The van der Waals surface area contributed by atoms with Gasteiger partial charge in [0.2, 0.25) is 5.82 Å². The Balaban J connectivity index is 2.52. The van der Waals surface area contributed by atoms with E-state index >= 15 is 0 Å². The third-order valence-corrected chi connectivity index (χ3v) is 2.37. The molecule has 0 radical (unpaired) electrons. The summed E-state index contributed by atoms with van der Waals surface area (Å²) in [5, 5.41) is 25.0. The summed E-state index contributed by atoms with van der Waals surface area (Å²) in [5.41, 5.74) is -1.05. The maximum atomic E-state index is 11.2. The summed E-state index contributed by atoms with van der Waals surface area (Å²) in [6.07, 6.45) is 0. The molecule has 0 aliphatic carbocycles. The average molecular weight is 294 g/mol. The fourth-order valence-corrected chi connectivity index (χ4v) is 1.45. The van der Waals surface area contributed by atoms with Gasteiger partial charge in [-0.25, -0.2) is 4.79 Å². The van der Waals surface area contributed by atoms with Crippen LogP contribution in [0.1, 0.15) is 10.7 Å². The van der Waals surface area contributed by atoms with Gasteiger partial charge in [0, 0.05) is 17.7 Å². The summed E-state index contributed by atoms with van der Waals surface area (Å²) in [4.78, 5) is 34.8. The van der Waals surface area contributed by atoms with Gasteiger partial charge in [-0.1, -0.05) is 5.16 Å². The molecule has 1 aromatic heterocycles. The van der Waals surface area contributed by atoms with Crippen LogP contribution in [0.2, 0.25) is 0 Å². The molecule has 0 aliphatic rings. The van der Waals surface area contributed by atoms with Gasteiger partial charge in [0.05, 0.1) is 23.0 Å². The molecular formula is C10H6N4O7. The molecule has 1 aromatic carbocycles. The molecule has 108 valence electrons. The molecule has 0 atom stereocenters. The van der Waals surface area contributed by atoms with Gasteiger partial charge in [0.1, 0.15) is 0 Å². The van der Waals surface area contributed by atoms with Crippen LogP contribution in [0.15, 0.2) is 22.7 Å². The van der Waals surface area contributed by atoms with Crippen molar-refractivity contribution in [3.8, 4) is 11.4 Å². The van der Waals surface area contributed by atoms with E-state index in [1.807, 2.05) is 0 Å². The number of nitro groups is 2. The molecule has 11 nitrogen and oxygen atoms in total. The van der Waals surface area contributed by atoms with Crippen molar-refractivity contribution in [1.29, 1.82) is 0 Å². The third kappa shape index (κ3) is 2.80. The Morgan fingerprint density at radius 1 is 1.19 bits per heavy atom. The van der Waals surface area contributed by atoms with E-state index < -0.39 is 33.1 Å². The number of hydrogen-bond donors (Lipinski definition) is 0. The second kappa shape index (κ2) is 5.32. The lowest BCUT2D eigenvalue weighted by Crippen LogP contribution is -2.01. The predicted octanol–water partition coefficient (Wildman–Crippen LogP) is 1.34. The molecule has 2 rings (SSSR count). The number of carbonyl (C=O) groups is 1. The highest BCUT2D eigenvalue weighted by molar-refractivity contribution is 5.84. The lowest BCUT2D eigenvalue weighted by atomic mass is 10.1. The van der Waals surface area contributed by atoms with Crippen molar-refractivity contribution >= 4 is 17.3 Å². The molecule has 0 spiro atoms. The number of ether oxygens (including phenoxy) is 1. The summed E-state index contributed by atoms with van der Waals surface area (Å²) in [6.45, 7) is 0. The zero-order valence-corrected chi connectivity index (χ0v) is 10.4. The molecular weight excluding hydrogens is 288 g/mol. The Kier molecular flexibility index (Phi) is 3.56. The Morgan fingerprint density at radius 3 is 2.24 bits per heavy atom. The molecule has 0 unspecified atom stereocenters. The molecule has 2 aromatic rings. The number of non-ortho nitro benzene ring substituents is 2. The van der Waals surface area contributed by atoms with Gasteiger partial charge in [0.25, 0.3) is 11.4 Å². The van der Waals surface area contributed by atoms with E-state index in [1.54, 1.807) is 0 Å². The van der Waals surface area contributed by atoms with E-state index in [1.165, 1.54) is 0 Å². The first-order chi connectivity index (χ1) is 9.92. The highest BCUT2D eigenvalue weighted by Gasteiger charge is 2.21. The predicted molar refractivity (Wildman–Crippen MR) is 64.4 cm³/mol. The maximum Gasteiger partial charge on any atom is 0.397 e. The first-order valence-corrected chi connectivity index (χ1v) is 5.28. The monoisotopic (exact) mass is 294 g/mol. The van der Waals surface area contributed by atoms with Crippen molar-refractivity contribution in [2.24, 2.45) is 0 Å². The quantitative estimate of drug-likeness (QED) is 0.461. The third-order valence-electron chi connectivity index (χ3n) is 2.37. The Hall–Kier alpha value is -3.37. The number of methoxy groups -OCH3 is 1. The fraction of sp³-hybridized carbons (Fsp3) is 0.100. The standard InChI is InChI=1S/C10H6N4O7/c1-20-10(15)9-11-8(12-21-9)5-2-6(13(16)17)4-7(3-5)14(18)19/h2-4H,1H3. The van der Waals surface area contributed by atoms with Gasteiger partial charge in [0.15, 0.2) is 0 Å². The molecule has 0 aliphatic heterocycles. The van der Waals surface area contributed by atoms with E-state index in [4.69, 9.17) is 0 Å². The summed E-state index contributed by atoms with van der Waals surface area (Å²) in [7, 11) is 1.10. The van der Waals surface area contributed by atoms with Gasteiger partial charge in [-0.3, -0.25) is 20.2 Å². The van der Waals surface area contributed by atoms with E-state index in [2.05, 4.69) is 19.4 Å². The number of esters is 1. The molecule has 0 amide bonds. The van der Waals surface area contributed by atoms with Gasteiger partial charge < -0.3 is 9.26 Å². The summed E-state index contributed by atoms with van der Waals surface area (Å²) in [6, 6.07) is 2.85. The highest BCUT2D eigenvalue weighted by Crippen LogP contribution is 2.28. The topological polar surface area (TPSA) is 152 Å². The Labute approximate surface area is 115 Å². The van der Waals surface area contributed by atoms with Crippen LogP contribution in [0.4, 0.5) is 11.4 Å². The zero-order valence-electron chi connectivity index (χ0n) is 10.4. The van der Waals surface area contributed by atoms with Crippen LogP contribution in [-0.2, 0) is 4.74 Å². The largest absolute Gasteiger partial charge is 0.462 e. The Bertz CT molecular complexity index is 707. The van der Waals surface area contributed by atoms with Crippen LogP contribution in [0.5, 0.6) is 0 Å². The van der Waals surface area contributed by atoms with Crippen LogP contribution in [-0.4, -0.2) is 33.1 Å². The summed E-state index contributed by atoms with van der Waals surface area (Å²) >= 11 is 0. The molecule has 21 heavy (non-hydrogen) atoms. The molecule has 11 heteroatoms. The van der Waals surface area contributed by atoms with Crippen molar-refractivity contribution in [3.63, 3.8) is 0 Å². The lowest BCUT2D eigenvalue weighted by molar-refractivity contribution is -0.394. The molecule has 0 fully saturated rings. The zero-order chi connectivity index (χ0) is 15.6. The van der Waals surface area contributed by atoms with Gasteiger partial charge >= 0.3 is 11.9 Å². The molecule has 0 bridgehead atoms. The Morgan fingerprint density at radius 2 is 1.76 bits per heavy atom. The van der Waals surface area contributed by atoms with Crippen molar-refractivity contribution in [2.45, 2.75) is 0 Å². The van der Waals surface area contributed by atoms with Crippen LogP contribution in [0, 0.1) is 20.2 Å². The summed E-state index contributed by atoms with van der Waals surface area (Å²) < 4.78 is 8.95. The second-order valence-corrected chi connectivity index (χ2v) is 3.67. The van der Waals surface area contributed by atoms with Crippen LogP contribution in [0.3, 0.4) is 0 Å². The van der Waals surface area contributed by atoms with Crippen LogP contribution in [0.25, 0.3) is 11.4 Å². The number of carbonyl (C=O) groups excluding carboxylic acids is 1. The van der Waals surface area contributed by atoms with Crippen molar-refractivity contribution in [1.82, 2.24) is 10.1 Å². The first-order valence-electron chi connectivity index (χ1n) is 5.28. The summed E-state index contributed by atoms with van der Waals surface area (Å²) in [5.74, 6) is -1.57. The van der Waals surface area contributed by atoms with Gasteiger partial charge in [-0.15, -0.1) is 0 Å². The van der Waals surface area contributed by atoms with E-state index in [0.717, 1.165) is 25.3 Å². The minimum absolute atomic E-state index is 0.0326. The molecule has 1 heterocycles. The minimum atomic E-state index is -0.895. The molecule has 0 N–H and O–H groups in total. The number of benzene rings is 1. The number of nitro benzene ring substituents is 2. The SMILES string of the molecule is COC(=O)c1nc(-c2cc([N+](=O)[O-])cc([N+](=O)[O-])c2)no1. The number of rotatable bonds is 4. The maximum absolute atomic E-state index is 11.2. The lowest BCUT2D eigenvalue weighted by Gasteiger charge is -1.97. The molecule has 0 saturated carbocycles. The van der Waals surface area contributed by atoms with Crippen molar-refractivity contribution in [2.75, 3.05) is 7.11 Å². The fourth-order valence-electron chi connectivity index (χ4n) is 1.45. The van der Waals surface area contributed by atoms with Crippen molar-refractivity contribution < 1.29 is 23.9 Å². The highest BCUT2D eigenvalue weighted by atomic mass is 16.6. The van der Waals surface area contributed by atoms with Gasteiger partial charge in [-0.05, 0) is 0 Å². The number of nitrogens with zero attached hydrogens (tertiary/aromatic N) is 4. The first kappa shape index (κ1) is 14.0.